The van der Waals surface area contributed by atoms with Crippen molar-refractivity contribution in [1.82, 2.24) is 5.32 Å². The molecule has 1 aliphatic carbocycles. The Morgan fingerprint density at radius 3 is 2.89 bits per heavy atom. The van der Waals surface area contributed by atoms with Crippen molar-refractivity contribution in [2.75, 3.05) is 11.9 Å². The fourth-order valence-corrected chi connectivity index (χ4v) is 2.35. The summed E-state index contributed by atoms with van der Waals surface area (Å²) in [7, 11) is 0. The first-order valence-corrected chi connectivity index (χ1v) is 6.59. The Hall–Kier alpha value is -1.52. The lowest BCUT2D eigenvalue weighted by Crippen LogP contribution is -2.36. The van der Waals surface area contributed by atoms with Crippen molar-refractivity contribution in [3.05, 3.63) is 40.9 Å². The minimum atomic E-state index is -0.293. The second-order valence-electron chi connectivity index (χ2n) is 4.75. The van der Waals surface area contributed by atoms with Crippen molar-refractivity contribution in [3.8, 4) is 0 Å². The van der Waals surface area contributed by atoms with Crippen LogP contribution in [0.25, 0.3) is 0 Å². The van der Waals surface area contributed by atoms with Gasteiger partial charge >= 0.3 is 6.03 Å². The second-order valence-corrected chi connectivity index (χ2v) is 5.16. The number of rotatable bonds is 3. The van der Waals surface area contributed by atoms with E-state index < -0.39 is 0 Å². The molecule has 102 valence electrons. The molecule has 0 aromatic heterocycles. The van der Waals surface area contributed by atoms with Crippen LogP contribution in [0.2, 0.25) is 5.02 Å². The van der Waals surface area contributed by atoms with E-state index in [4.69, 9.17) is 16.7 Å². The first-order valence-electron chi connectivity index (χ1n) is 6.21. The van der Waals surface area contributed by atoms with Crippen LogP contribution in [0.3, 0.4) is 0 Å². The van der Waals surface area contributed by atoms with Gasteiger partial charge < -0.3 is 15.7 Å². The Kier molecular flexibility index (Phi) is 4.45. The highest BCUT2D eigenvalue weighted by molar-refractivity contribution is 6.33. The number of nitrogens with one attached hydrogen (secondary N) is 2. The third-order valence-electron chi connectivity index (χ3n) is 3.10. The molecular weight excluding hydrogens is 264 g/mol. The van der Waals surface area contributed by atoms with Crippen LogP contribution in [-0.4, -0.2) is 23.8 Å². The molecule has 1 aromatic carbocycles. The number of aliphatic hydroxyl groups is 1. The number of halogens is 1. The Bertz CT molecular complexity index is 502. The summed E-state index contributed by atoms with van der Waals surface area (Å²) in [6, 6.07) is 5.13. The van der Waals surface area contributed by atoms with Crippen LogP contribution in [0, 0.1) is 12.8 Å². The zero-order valence-electron chi connectivity index (χ0n) is 10.7. The number of benzene rings is 1. The maximum atomic E-state index is 11.8. The van der Waals surface area contributed by atoms with E-state index >= 15 is 0 Å². The number of amides is 2. The molecule has 0 spiro atoms. The Balaban J connectivity index is 1.90. The Labute approximate surface area is 117 Å². The fraction of sp³-hybridized carbons (Fsp3) is 0.357. The molecule has 0 bridgehead atoms. The van der Waals surface area contributed by atoms with E-state index in [0.29, 0.717) is 10.7 Å². The number of anilines is 1. The van der Waals surface area contributed by atoms with Crippen LogP contribution in [0.15, 0.2) is 30.4 Å². The van der Waals surface area contributed by atoms with Crippen LogP contribution in [-0.2, 0) is 0 Å². The molecule has 1 aliphatic rings. The highest BCUT2D eigenvalue weighted by Crippen LogP contribution is 2.23. The summed E-state index contributed by atoms with van der Waals surface area (Å²) in [5.41, 5.74) is 1.63. The minimum absolute atomic E-state index is 0.0404. The largest absolute Gasteiger partial charge is 0.396 e. The molecule has 0 heterocycles. The smallest absolute Gasteiger partial charge is 0.319 e. The van der Waals surface area contributed by atoms with Gasteiger partial charge in [-0.1, -0.05) is 29.8 Å². The number of urea groups is 1. The molecule has 0 unspecified atom stereocenters. The van der Waals surface area contributed by atoms with Crippen LogP contribution >= 0.6 is 11.6 Å². The van der Waals surface area contributed by atoms with Gasteiger partial charge in [-0.25, -0.2) is 4.79 Å². The van der Waals surface area contributed by atoms with Gasteiger partial charge in [-0.3, -0.25) is 0 Å². The number of aryl methyl sites for hydroxylation is 1. The first-order chi connectivity index (χ1) is 9.08. The fourth-order valence-electron chi connectivity index (χ4n) is 2.07. The van der Waals surface area contributed by atoms with Crippen LogP contribution in [0.5, 0.6) is 0 Å². The summed E-state index contributed by atoms with van der Waals surface area (Å²) in [6.45, 7) is 2.05. The monoisotopic (exact) mass is 280 g/mol. The lowest BCUT2D eigenvalue weighted by molar-refractivity contribution is 0.238. The molecule has 2 rings (SSSR count). The zero-order chi connectivity index (χ0) is 13.8. The lowest BCUT2D eigenvalue weighted by atomic mass is 10.1. The molecule has 0 fully saturated rings. The molecule has 2 atom stereocenters. The van der Waals surface area contributed by atoms with E-state index in [1.165, 1.54) is 0 Å². The number of hydrogen-bond donors (Lipinski definition) is 3. The van der Waals surface area contributed by atoms with Gasteiger partial charge in [-0.2, -0.15) is 0 Å². The number of carbonyl (C=O) groups is 1. The van der Waals surface area contributed by atoms with Crippen molar-refractivity contribution in [3.63, 3.8) is 0 Å². The quantitative estimate of drug-likeness (QED) is 0.746. The number of aliphatic hydroxyl groups excluding tert-OH is 1. The molecule has 2 amide bonds. The van der Waals surface area contributed by atoms with Crippen LogP contribution < -0.4 is 10.6 Å². The average molecular weight is 281 g/mol. The zero-order valence-corrected chi connectivity index (χ0v) is 11.4. The average Bonchev–Trinajstić information content (AvgIpc) is 2.80. The van der Waals surface area contributed by atoms with Gasteiger partial charge in [0.15, 0.2) is 0 Å². The van der Waals surface area contributed by atoms with Gasteiger partial charge in [-0.05, 0) is 31.0 Å². The normalized spacial score (nSPS) is 21.4. The summed E-state index contributed by atoms with van der Waals surface area (Å²) in [4.78, 5) is 11.8. The highest BCUT2D eigenvalue weighted by atomic mass is 35.5. The Morgan fingerprint density at radius 1 is 1.47 bits per heavy atom. The van der Waals surface area contributed by atoms with E-state index in [1.54, 1.807) is 12.1 Å². The molecule has 0 aliphatic heterocycles. The molecule has 3 N–H and O–H groups in total. The van der Waals surface area contributed by atoms with Gasteiger partial charge in [0.2, 0.25) is 0 Å². The third-order valence-corrected chi connectivity index (χ3v) is 3.41. The van der Waals surface area contributed by atoms with E-state index in [2.05, 4.69) is 10.6 Å². The molecule has 5 heteroatoms. The molecule has 1 aromatic rings. The molecular formula is C14H17ClN2O2. The second kappa shape index (κ2) is 6.08. The summed E-state index contributed by atoms with van der Waals surface area (Å²) in [5.74, 6) is 0.133. The van der Waals surface area contributed by atoms with Crippen LogP contribution in [0.1, 0.15) is 12.0 Å². The summed E-state index contributed by atoms with van der Waals surface area (Å²) < 4.78 is 0. The molecule has 0 saturated carbocycles. The van der Waals surface area contributed by atoms with Gasteiger partial charge in [-0.15, -0.1) is 0 Å². The van der Waals surface area contributed by atoms with E-state index in [1.807, 2.05) is 25.1 Å². The predicted octanol–water partition coefficient (Wildman–Crippen LogP) is 2.71. The maximum absolute atomic E-state index is 11.8. The molecule has 0 radical (unpaired) electrons. The SMILES string of the molecule is Cc1ccc(NC(=O)N[C@@H]2C=C[C@H](CO)C2)c(Cl)c1. The van der Waals surface area contributed by atoms with Crippen molar-refractivity contribution in [1.29, 1.82) is 0 Å². The van der Waals surface area contributed by atoms with Gasteiger partial charge in [0.1, 0.15) is 0 Å². The Morgan fingerprint density at radius 2 is 2.26 bits per heavy atom. The maximum Gasteiger partial charge on any atom is 0.319 e. The minimum Gasteiger partial charge on any atom is -0.396 e. The van der Waals surface area contributed by atoms with E-state index in [0.717, 1.165) is 12.0 Å². The van der Waals surface area contributed by atoms with Crippen molar-refractivity contribution < 1.29 is 9.90 Å². The standard InChI is InChI=1S/C14H17ClN2O2/c1-9-2-5-13(12(15)6-9)17-14(19)16-11-4-3-10(7-11)8-18/h2-6,10-11,18H,7-8H2,1H3,(H2,16,17,19)/t10-,11+/m0/s1. The summed E-state index contributed by atoms with van der Waals surface area (Å²) in [5, 5.41) is 15.1. The number of carbonyl (C=O) groups excluding carboxylic acids is 1. The van der Waals surface area contributed by atoms with Crippen molar-refractivity contribution in [2.24, 2.45) is 5.92 Å². The van der Waals surface area contributed by atoms with Crippen molar-refractivity contribution >= 4 is 23.3 Å². The molecule has 4 nitrogen and oxygen atoms in total. The van der Waals surface area contributed by atoms with E-state index in [-0.39, 0.29) is 24.6 Å². The lowest BCUT2D eigenvalue weighted by Gasteiger charge is -2.14. The van der Waals surface area contributed by atoms with Crippen molar-refractivity contribution in [2.45, 2.75) is 19.4 Å². The highest BCUT2D eigenvalue weighted by Gasteiger charge is 2.19. The van der Waals surface area contributed by atoms with E-state index in [9.17, 15) is 4.79 Å². The molecule has 19 heavy (non-hydrogen) atoms. The predicted molar refractivity (Wildman–Crippen MR) is 76.5 cm³/mol. The summed E-state index contributed by atoms with van der Waals surface area (Å²) >= 11 is 6.05. The topological polar surface area (TPSA) is 61.4 Å². The van der Waals surface area contributed by atoms with Gasteiger partial charge in [0, 0.05) is 18.6 Å². The first kappa shape index (κ1) is 13.9. The van der Waals surface area contributed by atoms with Crippen LogP contribution in [0.4, 0.5) is 10.5 Å². The summed E-state index contributed by atoms with van der Waals surface area (Å²) in [6.07, 6.45) is 4.55. The third kappa shape index (κ3) is 3.72. The van der Waals surface area contributed by atoms with Gasteiger partial charge in [0.25, 0.3) is 0 Å². The van der Waals surface area contributed by atoms with Gasteiger partial charge in [0.05, 0.1) is 10.7 Å². The number of hydrogen-bond acceptors (Lipinski definition) is 2. The molecule has 0 saturated heterocycles.